The van der Waals surface area contributed by atoms with Crippen molar-refractivity contribution < 1.29 is 17.9 Å². The molecule has 3 nitrogen and oxygen atoms in total. The van der Waals surface area contributed by atoms with E-state index in [1.165, 1.54) is 17.2 Å². The quantitative estimate of drug-likeness (QED) is 0.375. The number of pyridine rings is 1. The molecular weight excluding hydrogens is 449 g/mol. The number of benzene rings is 2. The molecule has 1 saturated heterocycles. The molecule has 0 amide bonds. The smallest absolute Gasteiger partial charge is 0.417 e. The minimum absolute atomic E-state index is 0.215. The fourth-order valence-electron chi connectivity index (χ4n) is 4.43. The second-order valence-electron chi connectivity index (χ2n) is 8.45. The Hall–Kier alpha value is -2.57. The van der Waals surface area contributed by atoms with E-state index in [9.17, 15) is 13.2 Å². The summed E-state index contributed by atoms with van der Waals surface area (Å²) < 4.78 is 43.8. The Bertz CT molecular complexity index is 1010. The van der Waals surface area contributed by atoms with Gasteiger partial charge in [0.05, 0.1) is 12.2 Å². The van der Waals surface area contributed by atoms with Gasteiger partial charge in [0.25, 0.3) is 0 Å². The lowest BCUT2D eigenvalue weighted by Gasteiger charge is -2.39. The van der Waals surface area contributed by atoms with Gasteiger partial charge in [-0.1, -0.05) is 54.1 Å². The zero-order valence-electron chi connectivity index (χ0n) is 18.1. The summed E-state index contributed by atoms with van der Waals surface area (Å²) >= 11 is 6.11. The number of halogens is 4. The third-order valence-electron chi connectivity index (χ3n) is 6.19. The molecule has 0 radical (unpaired) electrons. The Morgan fingerprint density at radius 2 is 1.76 bits per heavy atom. The minimum Gasteiger partial charge on any atom is -0.478 e. The maximum Gasteiger partial charge on any atom is 0.417 e. The first-order chi connectivity index (χ1) is 15.9. The predicted molar refractivity (Wildman–Crippen MR) is 123 cm³/mol. The van der Waals surface area contributed by atoms with Gasteiger partial charge in [0.2, 0.25) is 5.88 Å². The van der Waals surface area contributed by atoms with Crippen LogP contribution in [0.25, 0.3) is 0 Å². The lowest BCUT2D eigenvalue weighted by Crippen LogP contribution is -2.39. The number of rotatable bonds is 7. The fraction of sp³-hybridized carbons (Fsp3) is 0.346. The van der Waals surface area contributed by atoms with Crippen LogP contribution in [0.2, 0.25) is 5.02 Å². The summed E-state index contributed by atoms with van der Waals surface area (Å²) in [7, 11) is 0. The van der Waals surface area contributed by atoms with Gasteiger partial charge in [-0.2, -0.15) is 13.2 Å². The van der Waals surface area contributed by atoms with Crippen molar-refractivity contribution in [2.75, 3.05) is 19.7 Å². The van der Waals surface area contributed by atoms with Crippen molar-refractivity contribution in [3.63, 3.8) is 0 Å². The number of alkyl halides is 3. The summed E-state index contributed by atoms with van der Waals surface area (Å²) in [5.74, 6) is 0.934. The van der Waals surface area contributed by atoms with Gasteiger partial charge in [-0.05, 0) is 60.5 Å². The van der Waals surface area contributed by atoms with Crippen molar-refractivity contribution in [3.8, 4) is 5.88 Å². The third kappa shape index (κ3) is 6.49. The van der Waals surface area contributed by atoms with E-state index in [1.807, 2.05) is 18.2 Å². The summed E-state index contributed by atoms with van der Waals surface area (Å²) in [5, 5.41) is 0.712. The zero-order chi connectivity index (χ0) is 23.3. The molecule has 1 aliphatic heterocycles. The number of piperidine rings is 1. The summed E-state index contributed by atoms with van der Waals surface area (Å²) in [4.78, 5) is 6.28. The maximum absolute atomic E-state index is 12.7. The number of aromatic nitrogens is 1. The van der Waals surface area contributed by atoms with Crippen molar-refractivity contribution in [2.45, 2.75) is 31.5 Å². The lowest BCUT2D eigenvalue weighted by molar-refractivity contribution is -0.137. The Morgan fingerprint density at radius 1 is 1.00 bits per heavy atom. The van der Waals surface area contributed by atoms with E-state index in [1.54, 1.807) is 0 Å². The molecule has 1 aromatic heterocycles. The van der Waals surface area contributed by atoms with Crippen molar-refractivity contribution in [3.05, 3.63) is 94.6 Å². The molecule has 3 aromatic rings. The monoisotopic (exact) mass is 474 g/mol. The van der Waals surface area contributed by atoms with Gasteiger partial charge >= 0.3 is 6.18 Å². The van der Waals surface area contributed by atoms with Crippen molar-refractivity contribution in [2.24, 2.45) is 5.92 Å². The molecule has 7 heteroatoms. The topological polar surface area (TPSA) is 25.4 Å². The van der Waals surface area contributed by atoms with E-state index in [4.69, 9.17) is 16.3 Å². The Kier molecular flexibility index (Phi) is 7.56. The SMILES string of the molecule is FC(F)(F)c1ccc(OCCC2CCN(Cc3ccccc3)C[C@@H]2c2ccc(Cl)cc2)nc1. The molecule has 1 unspecified atom stereocenters. The largest absolute Gasteiger partial charge is 0.478 e. The van der Waals surface area contributed by atoms with Crippen LogP contribution in [0.3, 0.4) is 0 Å². The van der Waals surface area contributed by atoms with E-state index in [2.05, 4.69) is 46.3 Å². The normalized spacial score (nSPS) is 19.4. The van der Waals surface area contributed by atoms with E-state index in [0.29, 0.717) is 23.5 Å². The second-order valence-corrected chi connectivity index (χ2v) is 8.88. The Labute approximate surface area is 197 Å². The third-order valence-corrected chi connectivity index (χ3v) is 6.44. The number of hydrogen-bond donors (Lipinski definition) is 0. The van der Waals surface area contributed by atoms with Gasteiger partial charge < -0.3 is 4.74 Å². The summed E-state index contributed by atoms with van der Waals surface area (Å²) in [5.41, 5.74) is 1.76. The Balaban J connectivity index is 1.39. The number of likely N-dealkylation sites (tertiary alicyclic amines) is 1. The van der Waals surface area contributed by atoms with Crippen LogP contribution in [0.4, 0.5) is 13.2 Å². The molecule has 2 aromatic carbocycles. The first kappa shape index (κ1) is 23.6. The zero-order valence-corrected chi connectivity index (χ0v) is 18.9. The molecule has 0 bridgehead atoms. The maximum atomic E-state index is 12.7. The molecule has 0 N–H and O–H groups in total. The predicted octanol–water partition coefficient (Wildman–Crippen LogP) is 6.83. The highest BCUT2D eigenvalue weighted by atomic mass is 35.5. The van der Waals surface area contributed by atoms with Crippen LogP contribution in [-0.2, 0) is 12.7 Å². The first-order valence-electron chi connectivity index (χ1n) is 11.1. The molecule has 0 saturated carbocycles. The van der Waals surface area contributed by atoms with Crippen molar-refractivity contribution in [1.82, 2.24) is 9.88 Å². The highest BCUT2D eigenvalue weighted by molar-refractivity contribution is 6.30. The minimum atomic E-state index is -4.40. The first-order valence-corrected chi connectivity index (χ1v) is 11.4. The number of ether oxygens (including phenoxy) is 1. The van der Waals surface area contributed by atoms with E-state index in [-0.39, 0.29) is 5.88 Å². The highest BCUT2D eigenvalue weighted by Crippen LogP contribution is 2.36. The van der Waals surface area contributed by atoms with E-state index in [0.717, 1.165) is 44.7 Å². The molecule has 0 spiro atoms. The molecule has 174 valence electrons. The van der Waals surface area contributed by atoms with Crippen LogP contribution in [0.15, 0.2) is 72.9 Å². The average molecular weight is 475 g/mol. The van der Waals surface area contributed by atoms with Crippen molar-refractivity contribution in [1.29, 1.82) is 0 Å². The van der Waals surface area contributed by atoms with Gasteiger partial charge in [-0.15, -0.1) is 0 Å². The van der Waals surface area contributed by atoms with Crippen LogP contribution < -0.4 is 4.74 Å². The standard InChI is InChI=1S/C26H26ClF3N2O/c27-23-9-6-20(7-10-23)24-18-32(17-19-4-2-1-3-5-19)14-12-21(24)13-15-33-25-11-8-22(16-31-25)26(28,29)30/h1-11,16,21,24H,12-15,17-18H2/t21?,24-/m1/s1. The van der Waals surface area contributed by atoms with E-state index < -0.39 is 11.7 Å². The molecule has 2 atom stereocenters. The van der Waals surface area contributed by atoms with Gasteiger partial charge in [0.1, 0.15) is 0 Å². The molecule has 1 fully saturated rings. The van der Waals surface area contributed by atoms with Crippen LogP contribution in [0, 0.1) is 5.92 Å². The molecule has 1 aliphatic rings. The Morgan fingerprint density at radius 3 is 2.42 bits per heavy atom. The van der Waals surface area contributed by atoms with Crippen LogP contribution in [0.5, 0.6) is 5.88 Å². The van der Waals surface area contributed by atoms with Gasteiger partial charge in [-0.25, -0.2) is 4.98 Å². The van der Waals surface area contributed by atoms with Crippen LogP contribution in [-0.4, -0.2) is 29.6 Å². The average Bonchev–Trinajstić information content (AvgIpc) is 2.81. The molecule has 4 rings (SSSR count). The van der Waals surface area contributed by atoms with Crippen LogP contribution in [0.1, 0.15) is 35.4 Å². The second kappa shape index (κ2) is 10.6. The van der Waals surface area contributed by atoms with Crippen LogP contribution >= 0.6 is 11.6 Å². The summed E-state index contributed by atoms with van der Waals surface area (Å²) in [6.07, 6.45) is -1.77. The van der Waals surface area contributed by atoms with Gasteiger partial charge in [-0.3, -0.25) is 4.90 Å². The molecule has 33 heavy (non-hydrogen) atoms. The lowest BCUT2D eigenvalue weighted by atomic mass is 9.79. The van der Waals surface area contributed by atoms with Gasteiger partial charge in [0.15, 0.2) is 0 Å². The molecular formula is C26H26ClF3N2O. The number of hydrogen-bond acceptors (Lipinski definition) is 3. The van der Waals surface area contributed by atoms with Gasteiger partial charge in [0, 0.05) is 30.4 Å². The molecule has 0 aliphatic carbocycles. The number of nitrogens with zero attached hydrogens (tertiary/aromatic N) is 2. The fourth-order valence-corrected chi connectivity index (χ4v) is 4.56. The highest BCUT2D eigenvalue weighted by Gasteiger charge is 2.32. The molecule has 2 heterocycles. The summed E-state index contributed by atoms with van der Waals surface area (Å²) in [6.45, 7) is 3.23. The summed E-state index contributed by atoms with van der Waals surface area (Å²) in [6, 6.07) is 20.7. The van der Waals surface area contributed by atoms with E-state index >= 15 is 0 Å². The van der Waals surface area contributed by atoms with Crippen molar-refractivity contribution >= 4 is 11.6 Å².